The van der Waals surface area contributed by atoms with Gasteiger partial charge in [-0.2, -0.15) is 4.39 Å². The Kier molecular flexibility index (Phi) is 10.9. The molecule has 0 fully saturated rings. The maximum atomic E-state index is 13.0. The molecule has 0 amide bonds. The molecule has 0 aromatic heterocycles. The Balaban J connectivity index is 1.26. The van der Waals surface area contributed by atoms with Crippen molar-refractivity contribution in [2.75, 3.05) is 26.4 Å². The molecule has 8 nitrogen and oxygen atoms in total. The average molecular weight is 603 g/mol. The van der Waals surface area contributed by atoms with E-state index in [-0.39, 0.29) is 19.1 Å². The SMILES string of the molecule is C=C(C)C(=O)OCCCOc1ccc2c(c1)C(C)c1cc(C(=O)Oc3ccc(OCCCCOC(=O)C(=C)F)cc3)ccc1-2. The first-order valence-electron chi connectivity index (χ1n) is 14.3. The van der Waals surface area contributed by atoms with E-state index in [1.165, 1.54) is 0 Å². The lowest BCUT2D eigenvalue weighted by molar-refractivity contribution is -0.141. The van der Waals surface area contributed by atoms with Crippen LogP contribution in [0.25, 0.3) is 11.1 Å². The molecule has 1 unspecified atom stereocenters. The van der Waals surface area contributed by atoms with Gasteiger partial charge >= 0.3 is 17.9 Å². The van der Waals surface area contributed by atoms with Gasteiger partial charge in [-0.15, -0.1) is 0 Å². The van der Waals surface area contributed by atoms with Crippen molar-refractivity contribution in [1.82, 2.24) is 0 Å². The molecule has 4 rings (SSSR count). The molecule has 230 valence electrons. The number of carbonyl (C=O) groups excluding carboxylic acids is 3. The average Bonchev–Trinajstić information content (AvgIpc) is 3.29. The van der Waals surface area contributed by atoms with Gasteiger partial charge in [0.05, 0.1) is 32.0 Å². The first-order valence-corrected chi connectivity index (χ1v) is 14.3. The van der Waals surface area contributed by atoms with Gasteiger partial charge in [0.2, 0.25) is 5.83 Å². The third-order valence-electron chi connectivity index (χ3n) is 6.97. The third kappa shape index (κ3) is 8.34. The molecule has 1 aliphatic carbocycles. The van der Waals surface area contributed by atoms with Crippen molar-refractivity contribution in [2.24, 2.45) is 0 Å². The molecule has 0 heterocycles. The molecule has 1 aliphatic rings. The monoisotopic (exact) mass is 602 g/mol. The highest BCUT2D eigenvalue weighted by molar-refractivity contribution is 5.93. The molecule has 9 heteroatoms. The van der Waals surface area contributed by atoms with E-state index in [1.54, 1.807) is 37.3 Å². The van der Waals surface area contributed by atoms with Crippen molar-refractivity contribution in [3.63, 3.8) is 0 Å². The fourth-order valence-electron chi connectivity index (χ4n) is 4.64. The van der Waals surface area contributed by atoms with Crippen molar-refractivity contribution in [2.45, 2.75) is 39.0 Å². The lowest BCUT2D eigenvalue weighted by Gasteiger charge is -2.11. The smallest absolute Gasteiger partial charge is 0.366 e. The number of unbranched alkanes of at least 4 members (excludes halogenated alkanes) is 1. The Hall–Kier alpha value is -4.92. The number of ether oxygens (including phenoxy) is 5. The summed E-state index contributed by atoms with van der Waals surface area (Å²) < 4.78 is 39.5. The summed E-state index contributed by atoms with van der Waals surface area (Å²) in [6.45, 7) is 11.3. The first kappa shape index (κ1) is 32.0. The minimum absolute atomic E-state index is 0.0551. The highest BCUT2D eigenvalue weighted by Crippen LogP contribution is 2.46. The largest absolute Gasteiger partial charge is 0.494 e. The third-order valence-corrected chi connectivity index (χ3v) is 6.97. The molecule has 0 aliphatic heterocycles. The molecule has 0 N–H and O–H groups in total. The molecule has 0 saturated carbocycles. The minimum atomic E-state index is -1.12. The second-order valence-electron chi connectivity index (χ2n) is 10.3. The molecule has 1 atom stereocenters. The zero-order valence-corrected chi connectivity index (χ0v) is 24.9. The molecular formula is C35H35FO8. The summed E-state index contributed by atoms with van der Waals surface area (Å²) in [5, 5.41) is 0. The second-order valence-corrected chi connectivity index (χ2v) is 10.3. The van der Waals surface area contributed by atoms with Crippen molar-refractivity contribution in [3.05, 3.63) is 102 Å². The summed E-state index contributed by atoms with van der Waals surface area (Å²) in [4.78, 5) is 35.5. The number of hydrogen-bond donors (Lipinski definition) is 0. The van der Waals surface area contributed by atoms with Crippen molar-refractivity contribution in [3.8, 4) is 28.4 Å². The lowest BCUT2D eigenvalue weighted by Crippen LogP contribution is -2.09. The summed E-state index contributed by atoms with van der Waals surface area (Å²) in [5.74, 6) is -1.28. The molecule has 0 bridgehead atoms. The van der Waals surface area contributed by atoms with Crippen molar-refractivity contribution in [1.29, 1.82) is 0 Å². The number of halogens is 1. The van der Waals surface area contributed by atoms with Gasteiger partial charge in [0, 0.05) is 17.9 Å². The van der Waals surface area contributed by atoms with E-state index in [0.717, 1.165) is 28.0 Å². The van der Waals surface area contributed by atoms with E-state index >= 15 is 0 Å². The second kappa shape index (κ2) is 15.0. The van der Waals surface area contributed by atoms with Crippen LogP contribution in [0.15, 0.2) is 85.2 Å². The van der Waals surface area contributed by atoms with E-state index < -0.39 is 23.7 Å². The van der Waals surface area contributed by atoms with Crippen molar-refractivity contribution < 1.29 is 42.5 Å². The maximum Gasteiger partial charge on any atom is 0.366 e. The maximum absolute atomic E-state index is 13.0. The standard InChI is InChI=1S/C35H35FO8/c1-22(2)33(37)42-19-7-18-41-28-13-15-30-29-14-8-25(20-31(29)23(3)32(30)21-28)35(39)44-27-11-9-26(10-12-27)40-16-5-6-17-43-34(38)24(4)36/h8-15,20-21,23H,1,4-7,16-19H2,2-3H3. The predicted octanol–water partition coefficient (Wildman–Crippen LogP) is 7.11. The predicted molar refractivity (Wildman–Crippen MR) is 163 cm³/mol. The van der Waals surface area contributed by atoms with Crippen LogP contribution in [0.2, 0.25) is 0 Å². The Morgan fingerprint density at radius 3 is 1.95 bits per heavy atom. The van der Waals surface area contributed by atoms with Gasteiger partial charge in [-0.05, 0) is 90.6 Å². The zero-order chi connectivity index (χ0) is 31.6. The Morgan fingerprint density at radius 2 is 1.25 bits per heavy atom. The summed E-state index contributed by atoms with van der Waals surface area (Å²) in [5.41, 5.74) is 5.12. The van der Waals surface area contributed by atoms with Crippen LogP contribution in [0.1, 0.15) is 60.5 Å². The van der Waals surface area contributed by atoms with Gasteiger partial charge in [-0.3, -0.25) is 0 Å². The molecule has 44 heavy (non-hydrogen) atoms. The van der Waals surface area contributed by atoms with Crippen LogP contribution in [0.4, 0.5) is 4.39 Å². The number of hydrogen-bond acceptors (Lipinski definition) is 8. The van der Waals surface area contributed by atoms with Crippen LogP contribution in [0.5, 0.6) is 17.2 Å². The molecule has 3 aromatic carbocycles. The zero-order valence-electron chi connectivity index (χ0n) is 24.9. The summed E-state index contributed by atoms with van der Waals surface area (Å²) in [6.07, 6.45) is 1.69. The number of carbonyl (C=O) groups is 3. The highest BCUT2D eigenvalue weighted by Gasteiger charge is 2.27. The van der Waals surface area contributed by atoms with Crippen molar-refractivity contribution >= 4 is 17.9 Å². The fourth-order valence-corrected chi connectivity index (χ4v) is 4.64. The lowest BCUT2D eigenvalue weighted by atomic mass is 9.98. The number of esters is 3. The number of rotatable bonds is 15. The van der Waals surface area contributed by atoms with Gasteiger partial charge in [-0.1, -0.05) is 32.2 Å². The van der Waals surface area contributed by atoms with Gasteiger partial charge < -0.3 is 23.7 Å². The van der Waals surface area contributed by atoms with E-state index in [9.17, 15) is 18.8 Å². The van der Waals surface area contributed by atoms with Crippen LogP contribution >= 0.6 is 0 Å². The number of benzene rings is 3. The van der Waals surface area contributed by atoms with Gasteiger partial charge in [-0.25, -0.2) is 14.4 Å². The number of fused-ring (bicyclic) bond motifs is 3. The molecule has 0 spiro atoms. The molecular weight excluding hydrogens is 567 g/mol. The van der Waals surface area contributed by atoms with E-state index in [0.29, 0.717) is 55.1 Å². The topological polar surface area (TPSA) is 97.4 Å². The molecule has 0 radical (unpaired) electrons. The first-order chi connectivity index (χ1) is 21.1. The van der Waals surface area contributed by atoms with Crippen LogP contribution in [-0.4, -0.2) is 44.3 Å². The normalized spacial score (nSPS) is 12.8. The van der Waals surface area contributed by atoms with E-state index in [2.05, 4.69) is 20.1 Å². The Bertz CT molecular complexity index is 1540. The van der Waals surface area contributed by atoms with Gasteiger partial charge in [0.15, 0.2) is 0 Å². The molecule has 3 aromatic rings. The highest BCUT2D eigenvalue weighted by atomic mass is 19.1. The van der Waals surface area contributed by atoms with Crippen LogP contribution in [-0.2, 0) is 19.1 Å². The van der Waals surface area contributed by atoms with Crippen LogP contribution in [0.3, 0.4) is 0 Å². The van der Waals surface area contributed by atoms with E-state index in [1.807, 2.05) is 30.3 Å². The summed E-state index contributed by atoms with van der Waals surface area (Å²) in [6, 6.07) is 18.2. The summed E-state index contributed by atoms with van der Waals surface area (Å²) >= 11 is 0. The fraction of sp³-hybridized carbons (Fsp3) is 0.286. The molecule has 0 saturated heterocycles. The summed E-state index contributed by atoms with van der Waals surface area (Å²) in [7, 11) is 0. The Morgan fingerprint density at radius 1 is 0.705 bits per heavy atom. The van der Waals surface area contributed by atoms with Gasteiger partial charge in [0.25, 0.3) is 0 Å². The van der Waals surface area contributed by atoms with E-state index in [4.69, 9.17) is 23.7 Å². The quantitative estimate of drug-likeness (QED) is 0.0786. The Labute approximate surface area is 256 Å². The van der Waals surface area contributed by atoms with Crippen LogP contribution < -0.4 is 14.2 Å². The minimum Gasteiger partial charge on any atom is -0.494 e. The van der Waals surface area contributed by atoms with Gasteiger partial charge in [0.1, 0.15) is 17.2 Å². The van der Waals surface area contributed by atoms with Crippen LogP contribution in [0, 0.1) is 0 Å².